The van der Waals surface area contributed by atoms with Gasteiger partial charge < -0.3 is 14.8 Å². The van der Waals surface area contributed by atoms with E-state index in [9.17, 15) is 24.5 Å². The Kier molecular flexibility index (Phi) is 5.49. The molecule has 0 spiro atoms. The Morgan fingerprint density at radius 3 is 2.68 bits per heavy atom. The average molecular weight is 385 g/mol. The van der Waals surface area contributed by atoms with Gasteiger partial charge in [-0.05, 0) is 18.2 Å². The van der Waals surface area contributed by atoms with Gasteiger partial charge in [0.2, 0.25) is 0 Å². The molecule has 1 N–H and O–H groups in total. The van der Waals surface area contributed by atoms with Crippen LogP contribution in [-0.2, 0) is 19.1 Å². The minimum Gasteiger partial charge on any atom is -0.482 e. The summed E-state index contributed by atoms with van der Waals surface area (Å²) in [4.78, 5) is 47.4. The highest BCUT2D eigenvalue weighted by atomic mass is 16.6. The molecule has 28 heavy (non-hydrogen) atoms. The zero-order valence-corrected chi connectivity index (χ0v) is 14.5. The van der Waals surface area contributed by atoms with Gasteiger partial charge in [0.05, 0.1) is 10.6 Å². The summed E-state index contributed by atoms with van der Waals surface area (Å²) in [5.74, 6) is -1.70. The molecule has 1 aliphatic rings. The third-order valence-corrected chi connectivity index (χ3v) is 3.81. The lowest BCUT2D eigenvalue weighted by Gasteiger charge is -2.28. The number of nitrogens with one attached hydrogen (secondary N) is 1. The smallest absolute Gasteiger partial charge is 0.326 e. The van der Waals surface area contributed by atoms with Crippen LogP contribution in [0.2, 0.25) is 0 Å². The quantitative estimate of drug-likeness (QED) is 0.453. The number of esters is 1. The normalized spacial score (nSPS) is 12.6. The van der Waals surface area contributed by atoms with Gasteiger partial charge in [-0.2, -0.15) is 0 Å². The number of nitro benzene ring substituents is 1. The number of hydrogen-bond donors (Lipinski definition) is 1. The maximum Gasteiger partial charge on any atom is 0.326 e. The fraction of sp³-hybridized carbons (Fsp3) is 0.167. The number of non-ortho nitro benzene ring substituents is 1. The van der Waals surface area contributed by atoms with E-state index in [1.54, 1.807) is 30.3 Å². The molecule has 0 radical (unpaired) electrons. The number of fused-ring (bicyclic) bond motifs is 1. The van der Waals surface area contributed by atoms with Crippen molar-refractivity contribution >= 4 is 34.8 Å². The van der Waals surface area contributed by atoms with Gasteiger partial charge in [-0.1, -0.05) is 18.2 Å². The molecule has 2 aromatic carbocycles. The van der Waals surface area contributed by atoms with Gasteiger partial charge >= 0.3 is 5.97 Å². The molecule has 0 atom stereocenters. The molecule has 0 aliphatic carbocycles. The van der Waals surface area contributed by atoms with Crippen LogP contribution in [0.3, 0.4) is 0 Å². The lowest BCUT2D eigenvalue weighted by atomic mass is 10.2. The summed E-state index contributed by atoms with van der Waals surface area (Å²) in [5.41, 5.74) is 0.391. The van der Waals surface area contributed by atoms with Crippen LogP contribution in [0.1, 0.15) is 0 Å². The predicted molar refractivity (Wildman–Crippen MR) is 97.0 cm³/mol. The monoisotopic (exact) mass is 385 g/mol. The number of ether oxygens (including phenoxy) is 2. The number of carbonyl (C=O) groups excluding carboxylic acids is 3. The van der Waals surface area contributed by atoms with Crippen LogP contribution in [-0.4, -0.2) is 42.5 Å². The van der Waals surface area contributed by atoms with E-state index >= 15 is 0 Å². The predicted octanol–water partition coefficient (Wildman–Crippen LogP) is 1.50. The number of anilines is 2. The number of rotatable bonds is 6. The lowest BCUT2D eigenvalue weighted by Crippen LogP contribution is -2.42. The Labute approximate surface area is 158 Å². The molecular weight excluding hydrogens is 370 g/mol. The van der Waals surface area contributed by atoms with E-state index < -0.39 is 35.9 Å². The van der Waals surface area contributed by atoms with Crippen LogP contribution in [0.15, 0.2) is 48.5 Å². The third kappa shape index (κ3) is 4.41. The molecule has 0 saturated carbocycles. The van der Waals surface area contributed by atoms with Crippen LogP contribution >= 0.6 is 0 Å². The molecule has 3 rings (SSSR count). The average Bonchev–Trinajstić information content (AvgIpc) is 2.69. The van der Waals surface area contributed by atoms with E-state index in [4.69, 9.17) is 9.47 Å². The van der Waals surface area contributed by atoms with Crippen molar-refractivity contribution in [1.82, 2.24) is 0 Å². The van der Waals surface area contributed by atoms with Crippen molar-refractivity contribution in [2.75, 3.05) is 30.0 Å². The molecular formula is C18H15N3O7. The summed E-state index contributed by atoms with van der Waals surface area (Å²) >= 11 is 0. The zero-order chi connectivity index (χ0) is 20.1. The van der Waals surface area contributed by atoms with E-state index in [0.29, 0.717) is 5.69 Å². The van der Waals surface area contributed by atoms with Gasteiger partial charge in [-0.15, -0.1) is 0 Å². The number of para-hydroxylation sites is 1. The molecule has 0 aromatic heterocycles. The fourth-order valence-corrected chi connectivity index (χ4v) is 2.52. The second-order valence-electron chi connectivity index (χ2n) is 5.75. The van der Waals surface area contributed by atoms with E-state index in [0.717, 1.165) is 11.0 Å². The first-order chi connectivity index (χ1) is 13.4. The second-order valence-corrected chi connectivity index (χ2v) is 5.75. The Morgan fingerprint density at radius 2 is 1.96 bits per heavy atom. The molecule has 0 fully saturated rings. The minimum atomic E-state index is -0.837. The van der Waals surface area contributed by atoms with E-state index in [-0.39, 0.29) is 23.7 Å². The Hall–Kier alpha value is -3.95. The summed E-state index contributed by atoms with van der Waals surface area (Å²) in [6, 6.07) is 12.3. The topological polar surface area (TPSA) is 128 Å². The number of carbonyl (C=O) groups is 3. The van der Waals surface area contributed by atoms with Crippen LogP contribution < -0.4 is 15.0 Å². The maximum absolute atomic E-state index is 12.1. The second kappa shape index (κ2) is 8.16. The molecule has 0 bridgehead atoms. The number of nitrogens with zero attached hydrogens (tertiary/aromatic N) is 2. The van der Waals surface area contributed by atoms with Crippen molar-refractivity contribution in [3.05, 3.63) is 58.6 Å². The highest BCUT2D eigenvalue weighted by Gasteiger charge is 2.29. The van der Waals surface area contributed by atoms with Crippen molar-refractivity contribution in [2.24, 2.45) is 0 Å². The molecule has 2 aromatic rings. The minimum absolute atomic E-state index is 0.0936. The van der Waals surface area contributed by atoms with E-state index in [1.165, 1.54) is 12.1 Å². The summed E-state index contributed by atoms with van der Waals surface area (Å²) in [7, 11) is 0. The molecule has 10 nitrogen and oxygen atoms in total. The molecule has 10 heteroatoms. The Bertz CT molecular complexity index is 930. The van der Waals surface area contributed by atoms with Crippen LogP contribution in [0, 0.1) is 10.1 Å². The van der Waals surface area contributed by atoms with Crippen molar-refractivity contribution in [3.63, 3.8) is 0 Å². The molecule has 144 valence electrons. The fourth-order valence-electron chi connectivity index (χ4n) is 2.52. The number of hydrogen-bond acceptors (Lipinski definition) is 7. The third-order valence-electron chi connectivity index (χ3n) is 3.81. The van der Waals surface area contributed by atoms with Crippen molar-refractivity contribution in [3.8, 4) is 5.75 Å². The number of amides is 2. The van der Waals surface area contributed by atoms with Gasteiger partial charge in [0.15, 0.2) is 13.2 Å². The first-order valence-electron chi connectivity index (χ1n) is 8.16. The first-order valence-corrected chi connectivity index (χ1v) is 8.16. The van der Waals surface area contributed by atoms with Crippen molar-refractivity contribution < 1.29 is 28.8 Å². The van der Waals surface area contributed by atoms with Crippen molar-refractivity contribution in [2.45, 2.75) is 0 Å². The van der Waals surface area contributed by atoms with E-state index in [2.05, 4.69) is 5.32 Å². The zero-order valence-electron chi connectivity index (χ0n) is 14.5. The molecule has 2 amide bonds. The molecule has 0 saturated heterocycles. The molecule has 0 unspecified atom stereocenters. The van der Waals surface area contributed by atoms with Gasteiger partial charge in [0.25, 0.3) is 17.5 Å². The lowest BCUT2D eigenvalue weighted by molar-refractivity contribution is -0.384. The van der Waals surface area contributed by atoms with Gasteiger partial charge in [0, 0.05) is 17.8 Å². The SMILES string of the molecule is O=C(COC(=O)CN1C(=O)COc2ccc([N+](=O)[O-])cc21)Nc1ccccc1. The van der Waals surface area contributed by atoms with Gasteiger partial charge in [-0.3, -0.25) is 29.4 Å². The first kappa shape index (κ1) is 18.8. The Morgan fingerprint density at radius 1 is 1.21 bits per heavy atom. The molecule has 1 heterocycles. The number of benzene rings is 2. The number of nitro groups is 1. The summed E-state index contributed by atoms with van der Waals surface area (Å²) < 4.78 is 10.1. The summed E-state index contributed by atoms with van der Waals surface area (Å²) in [6.07, 6.45) is 0. The highest BCUT2D eigenvalue weighted by molar-refractivity contribution is 6.02. The largest absolute Gasteiger partial charge is 0.482 e. The highest BCUT2D eigenvalue weighted by Crippen LogP contribution is 2.35. The van der Waals surface area contributed by atoms with E-state index in [1.807, 2.05) is 0 Å². The van der Waals surface area contributed by atoms with Gasteiger partial charge in [0.1, 0.15) is 12.3 Å². The van der Waals surface area contributed by atoms with Crippen LogP contribution in [0.5, 0.6) is 5.75 Å². The summed E-state index contributed by atoms with van der Waals surface area (Å²) in [5, 5.41) is 13.5. The molecule has 1 aliphatic heterocycles. The summed E-state index contributed by atoms with van der Waals surface area (Å²) in [6.45, 7) is -1.35. The maximum atomic E-state index is 12.1. The van der Waals surface area contributed by atoms with Crippen LogP contribution in [0.4, 0.5) is 17.1 Å². The van der Waals surface area contributed by atoms with Crippen LogP contribution in [0.25, 0.3) is 0 Å². The van der Waals surface area contributed by atoms with Gasteiger partial charge in [-0.25, -0.2) is 0 Å². The Balaban J connectivity index is 1.62. The van der Waals surface area contributed by atoms with Crippen molar-refractivity contribution in [1.29, 1.82) is 0 Å². The standard InChI is InChI=1S/C18H15N3O7/c22-16(19-12-4-2-1-3-5-12)10-28-18(24)9-20-14-8-13(21(25)26)6-7-15(14)27-11-17(20)23/h1-8H,9-11H2,(H,19,22).